The van der Waals surface area contributed by atoms with Crippen LogP contribution in [0.5, 0.6) is 0 Å². The second kappa shape index (κ2) is 14.7. The van der Waals surface area contributed by atoms with E-state index in [1.807, 2.05) is 115 Å². The second-order valence-corrected chi connectivity index (χ2v) is 15.2. The van der Waals surface area contributed by atoms with Crippen LogP contribution in [0.15, 0.2) is 223 Å². The second-order valence-electron chi connectivity index (χ2n) is 15.2. The monoisotopic (exact) mass is 797 g/mol. The molecule has 0 saturated heterocycles. The molecule has 12 rings (SSSR count). The zero-order valence-electron chi connectivity index (χ0n) is 38.1. The van der Waals surface area contributed by atoms with Crippen molar-refractivity contribution in [2.24, 2.45) is 0 Å². The van der Waals surface area contributed by atoms with Gasteiger partial charge in [-0.2, -0.15) is 0 Å². The lowest BCUT2D eigenvalue weighted by Gasteiger charge is -2.13. The molecule has 9 aromatic carbocycles. The highest BCUT2D eigenvalue weighted by molar-refractivity contribution is 6.17. The van der Waals surface area contributed by atoms with E-state index >= 15 is 0 Å². The highest BCUT2D eigenvalue weighted by Gasteiger charge is 2.23. The van der Waals surface area contributed by atoms with Crippen LogP contribution in [-0.2, 0) is 0 Å². The van der Waals surface area contributed by atoms with Crippen molar-refractivity contribution in [3.63, 3.8) is 0 Å². The average molecular weight is 798 g/mol. The number of furan rings is 1. The lowest BCUT2D eigenvalue weighted by atomic mass is 9.96. The Morgan fingerprint density at radius 3 is 1.65 bits per heavy atom. The van der Waals surface area contributed by atoms with E-state index in [0.29, 0.717) is 22.3 Å². The van der Waals surface area contributed by atoms with Crippen LogP contribution >= 0.6 is 0 Å². The fourth-order valence-corrected chi connectivity index (χ4v) is 8.69. The molecule has 0 spiro atoms. The summed E-state index contributed by atoms with van der Waals surface area (Å²) in [6.45, 7) is 0. The maximum atomic E-state index is 9.03. The number of nitrogens with zero attached hydrogens (tertiary/aromatic N) is 4. The molecule has 3 heterocycles. The van der Waals surface area contributed by atoms with Gasteiger partial charge in [0.2, 0.25) is 0 Å². The molecule has 0 unspecified atom stereocenters. The zero-order chi connectivity index (χ0) is 45.3. The smallest absolute Gasteiger partial charge is 0.167 e. The Labute approximate surface area is 364 Å². The quantitative estimate of drug-likeness (QED) is 0.161. The molecule has 0 aliphatic rings. The summed E-state index contributed by atoms with van der Waals surface area (Å²) in [6, 6.07) is 61.3. The molecular weight excluding hydrogens is 757 g/mol. The Morgan fingerprint density at radius 1 is 0.387 bits per heavy atom. The van der Waals surface area contributed by atoms with Crippen LogP contribution in [0, 0.1) is 0 Å². The van der Waals surface area contributed by atoms with Crippen LogP contribution < -0.4 is 0 Å². The normalized spacial score (nSPS) is 12.7. The van der Waals surface area contributed by atoms with Crippen LogP contribution in [-0.4, -0.2) is 19.5 Å². The molecule has 5 heteroatoms. The first-order valence-corrected chi connectivity index (χ1v) is 20.4. The Kier molecular flexibility index (Phi) is 7.25. The molecule has 0 fully saturated rings. The van der Waals surface area contributed by atoms with Gasteiger partial charge in [0.1, 0.15) is 11.2 Å². The van der Waals surface area contributed by atoms with Gasteiger partial charge in [-0.25, -0.2) is 15.0 Å². The van der Waals surface area contributed by atoms with E-state index in [0.717, 1.165) is 71.6 Å². The van der Waals surface area contributed by atoms with Crippen molar-refractivity contribution in [1.82, 2.24) is 19.5 Å². The molecule has 0 aliphatic heterocycles. The van der Waals surface area contributed by atoms with Crippen LogP contribution in [0.1, 0.15) is 6.85 Å². The van der Waals surface area contributed by atoms with Crippen molar-refractivity contribution in [1.29, 1.82) is 0 Å². The van der Waals surface area contributed by atoms with E-state index in [1.165, 1.54) is 0 Å². The van der Waals surface area contributed by atoms with Gasteiger partial charge in [-0.3, -0.25) is 0 Å². The number of hydrogen-bond donors (Lipinski definition) is 0. The summed E-state index contributed by atoms with van der Waals surface area (Å²) in [6.07, 6.45) is 0. The molecule has 0 N–H and O–H groups in total. The third-order valence-electron chi connectivity index (χ3n) is 11.6. The molecule has 0 aliphatic carbocycles. The minimum Gasteiger partial charge on any atom is -0.455 e. The van der Waals surface area contributed by atoms with Gasteiger partial charge in [0.25, 0.3) is 0 Å². The molecule has 12 aromatic rings. The standard InChI is InChI=1S/C57H36N4O/c1-4-16-37(17-5-1)39-30-32-40(33-31-39)45-26-15-29-52-53(45)48-35-44(61-50-27-12-10-24-46(50)47-25-11-13-28-51(47)61)36-49(54(48)62-52)57-59-55(41-20-8-3-9-21-41)58-56(60-57)43-23-14-22-42(34-43)38-18-6-2-7-19-38/h1-36H/i3D,8D,9D,20D,21D. The van der Waals surface area contributed by atoms with E-state index in [9.17, 15) is 0 Å². The van der Waals surface area contributed by atoms with Crippen LogP contribution in [0.2, 0.25) is 0 Å². The summed E-state index contributed by atoms with van der Waals surface area (Å²) in [5.41, 5.74) is 11.3. The number of para-hydroxylation sites is 2. The molecule has 5 nitrogen and oxygen atoms in total. The van der Waals surface area contributed by atoms with E-state index in [1.54, 1.807) is 0 Å². The predicted molar refractivity (Wildman–Crippen MR) is 254 cm³/mol. The fourth-order valence-electron chi connectivity index (χ4n) is 8.69. The third-order valence-corrected chi connectivity index (χ3v) is 11.6. The summed E-state index contributed by atoms with van der Waals surface area (Å²) < 4.78 is 52.8. The van der Waals surface area contributed by atoms with E-state index < -0.39 is 30.2 Å². The number of aromatic nitrogens is 4. The molecule has 0 atom stereocenters. The van der Waals surface area contributed by atoms with Gasteiger partial charge in [-0.15, -0.1) is 0 Å². The molecule has 0 radical (unpaired) electrons. The Balaban J connectivity index is 1.17. The SMILES string of the molecule is [2H]c1c([2H])c([2H])c(-c2nc(-c3cccc(-c4ccccc4)c3)nc(-c3cc(-n4c5ccccc5c5ccccc54)cc4c3oc3cccc(-c5ccc(-c6ccccc6)cc5)c34)n2)c([2H])c1[2H]. The van der Waals surface area contributed by atoms with Gasteiger partial charge < -0.3 is 8.98 Å². The number of hydrogen-bond acceptors (Lipinski definition) is 4. The molecular formula is C57H36N4O. The minimum atomic E-state index is -0.503. The Hall–Kier alpha value is -8.41. The van der Waals surface area contributed by atoms with Gasteiger partial charge in [-0.1, -0.05) is 182 Å². The third kappa shape index (κ3) is 6.06. The summed E-state index contributed by atoms with van der Waals surface area (Å²) in [5.74, 6) is 0.403. The minimum absolute atomic E-state index is 0.0622. The first-order chi connectivity index (χ1) is 32.8. The largest absolute Gasteiger partial charge is 0.455 e. The molecule has 0 bridgehead atoms. The number of benzene rings is 9. The van der Waals surface area contributed by atoms with Crippen molar-refractivity contribution in [2.75, 3.05) is 0 Å². The van der Waals surface area contributed by atoms with Crippen LogP contribution in [0.4, 0.5) is 0 Å². The molecule has 62 heavy (non-hydrogen) atoms. The predicted octanol–water partition coefficient (Wildman–Crippen LogP) is 14.9. The lowest BCUT2D eigenvalue weighted by molar-refractivity contribution is 0.669. The molecule has 290 valence electrons. The van der Waals surface area contributed by atoms with E-state index in [2.05, 4.69) is 77.4 Å². The lowest BCUT2D eigenvalue weighted by Crippen LogP contribution is -2.01. The van der Waals surface area contributed by atoms with Gasteiger partial charge in [0.15, 0.2) is 17.5 Å². The first-order valence-electron chi connectivity index (χ1n) is 22.9. The zero-order valence-corrected chi connectivity index (χ0v) is 33.1. The molecule has 0 amide bonds. The number of fused-ring (bicyclic) bond motifs is 6. The van der Waals surface area contributed by atoms with Crippen molar-refractivity contribution in [3.05, 3.63) is 218 Å². The average Bonchev–Trinajstić information content (AvgIpc) is 3.94. The first kappa shape index (κ1) is 30.6. The van der Waals surface area contributed by atoms with Gasteiger partial charge in [0.05, 0.1) is 23.5 Å². The summed E-state index contributed by atoms with van der Waals surface area (Å²) in [4.78, 5) is 15.1. The highest BCUT2D eigenvalue weighted by atomic mass is 16.3. The van der Waals surface area contributed by atoms with Gasteiger partial charge in [-0.05, 0) is 69.8 Å². The molecule has 0 saturated carbocycles. The van der Waals surface area contributed by atoms with Crippen molar-refractivity contribution in [3.8, 4) is 73.2 Å². The molecule has 3 aromatic heterocycles. The van der Waals surface area contributed by atoms with E-state index in [4.69, 9.17) is 26.2 Å². The summed E-state index contributed by atoms with van der Waals surface area (Å²) >= 11 is 0. The summed E-state index contributed by atoms with van der Waals surface area (Å²) in [5, 5.41) is 3.93. The maximum absolute atomic E-state index is 9.03. The van der Waals surface area contributed by atoms with Gasteiger partial charge in [0, 0.05) is 38.4 Å². The van der Waals surface area contributed by atoms with Crippen molar-refractivity contribution < 1.29 is 11.3 Å². The highest BCUT2D eigenvalue weighted by Crippen LogP contribution is 2.43. The Morgan fingerprint density at radius 2 is 0.935 bits per heavy atom. The summed E-state index contributed by atoms with van der Waals surface area (Å²) in [7, 11) is 0. The topological polar surface area (TPSA) is 56.7 Å². The maximum Gasteiger partial charge on any atom is 0.167 e. The van der Waals surface area contributed by atoms with Crippen LogP contribution in [0.3, 0.4) is 0 Å². The van der Waals surface area contributed by atoms with Crippen LogP contribution in [0.25, 0.3) is 117 Å². The Bertz CT molecular complexity index is 3840. The van der Waals surface area contributed by atoms with E-state index in [-0.39, 0.29) is 23.0 Å². The van der Waals surface area contributed by atoms with Gasteiger partial charge >= 0.3 is 0 Å². The fraction of sp³-hybridized carbons (Fsp3) is 0. The van der Waals surface area contributed by atoms with Crippen molar-refractivity contribution >= 4 is 43.7 Å². The van der Waals surface area contributed by atoms with Crippen molar-refractivity contribution in [2.45, 2.75) is 0 Å². The number of rotatable bonds is 7.